The number of hydrogen-bond acceptors (Lipinski definition) is 5. The summed E-state index contributed by atoms with van der Waals surface area (Å²) in [5, 5.41) is 0. The lowest BCUT2D eigenvalue weighted by molar-refractivity contribution is 0.336. The molecule has 0 unspecified atom stereocenters. The molecule has 0 radical (unpaired) electrons. The molecule has 1 heterocycles. The Morgan fingerprint density at radius 2 is 1.00 bits per heavy atom. The van der Waals surface area contributed by atoms with E-state index in [4.69, 9.17) is 9.47 Å². The van der Waals surface area contributed by atoms with Gasteiger partial charge >= 0.3 is 17.1 Å². The lowest BCUT2D eigenvalue weighted by atomic mass is 9.77. The van der Waals surface area contributed by atoms with Crippen molar-refractivity contribution < 1.29 is 9.47 Å². The van der Waals surface area contributed by atoms with Crippen LogP contribution >= 0.6 is 0 Å². The van der Waals surface area contributed by atoms with Gasteiger partial charge < -0.3 is 9.47 Å². The van der Waals surface area contributed by atoms with Crippen LogP contribution in [-0.4, -0.2) is 26.9 Å². The molecule has 1 aromatic heterocycles. The summed E-state index contributed by atoms with van der Waals surface area (Å²) in [6, 6.07) is 8.10. The fourth-order valence-corrected chi connectivity index (χ4v) is 6.33. The molecule has 8 heteroatoms. The van der Waals surface area contributed by atoms with Crippen molar-refractivity contribution in [1.82, 2.24) is 13.7 Å². The molecule has 3 aromatic rings. The predicted octanol–water partition coefficient (Wildman–Crippen LogP) is 8.69. The van der Waals surface area contributed by atoms with Gasteiger partial charge in [-0.1, -0.05) is 106 Å². The summed E-state index contributed by atoms with van der Waals surface area (Å²) in [4.78, 5) is 41.8. The minimum Gasteiger partial charge on any atom is -0.489 e. The fraction of sp³-hybridized carbons (Fsp3) is 0.568. The Hall–Kier alpha value is -4.07. The van der Waals surface area contributed by atoms with E-state index >= 15 is 0 Å². The highest BCUT2D eigenvalue weighted by Crippen LogP contribution is 2.43. The molecule has 0 saturated carbocycles. The van der Waals surface area contributed by atoms with Crippen LogP contribution in [0.4, 0.5) is 0 Å². The number of nitrogens with zero attached hydrogens (tertiary/aromatic N) is 3. The zero-order valence-corrected chi connectivity index (χ0v) is 35.2. The van der Waals surface area contributed by atoms with Crippen molar-refractivity contribution in [2.45, 2.75) is 146 Å². The molecular formula is C44H65N3O5. The average Bonchev–Trinajstić information content (AvgIpc) is 2.98. The topological polar surface area (TPSA) is 84.5 Å². The van der Waals surface area contributed by atoms with Crippen LogP contribution in [0.1, 0.15) is 144 Å². The first kappa shape index (κ1) is 42.3. The molecule has 52 heavy (non-hydrogen) atoms. The van der Waals surface area contributed by atoms with Crippen LogP contribution in [0.25, 0.3) is 0 Å². The van der Waals surface area contributed by atoms with Crippen molar-refractivity contribution in [2.24, 2.45) is 7.05 Å². The average molecular weight is 716 g/mol. The number of hydrogen-bond donors (Lipinski definition) is 0. The maximum Gasteiger partial charge on any atom is 0.336 e. The maximum absolute atomic E-state index is 14.4. The second kappa shape index (κ2) is 15.5. The predicted molar refractivity (Wildman–Crippen MR) is 216 cm³/mol. The zero-order chi connectivity index (χ0) is 39.7. The van der Waals surface area contributed by atoms with Crippen LogP contribution in [0.3, 0.4) is 0 Å². The normalized spacial score (nSPS) is 12.5. The molecule has 0 N–H and O–H groups in total. The molecule has 0 fully saturated rings. The molecule has 0 aliphatic carbocycles. The van der Waals surface area contributed by atoms with Crippen molar-refractivity contribution in [1.29, 1.82) is 0 Å². The van der Waals surface area contributed by atoms with Gasteiger partial charge in [-0.25, -0.2) is 28.1 Å². The Morgan fingerprint density at radius 1 is 0.577 bits per heavy atom. The second-order valence-corrected chi connectivity index (χ2v) is 18.8. The van der Waals surface area contributed by atoms with Crippen molar-refractivity contribution >= 4 is 0 Å². The van der Waals surface area contributed by atoms with Crippen molar-refractivity contribution in [3.05, 3.63) is 112 Å². The van der Waals surface area contributed by atoms with Crippen molar-refractivity contribution in [3.63, 3.8) is 0 Å². The van der Waals surface area contributed by atoms with Crippen LogP contribution < -0.4 is 26.5 Å². The van der Waals surface area contributed by atoms with Crippen LogP contribution in [0.2, 0.25) is 0 Å². The lowest BCUT2D eigenvalue weighted by Crippen LogP contribution is -2.54. The molecular weight excluding hydrogens is 651 g/mol. The molecule has 0 aliphatic rings. The number of ether oxygens (including phenoxy) is 2. The highest BCUT2D eigenvalue weighted by molar-refractivity contribution is 5.53. The van der Waals surface area contributed by atoms with Crippen molar-refractivity contribution in [3.8, 4) is 11.5 Å². The van der Waals surface area contributed by atoms with E-state index in [0.717, 1.165) is 55.0 Å². The van der Waals surface area contributed by atoms with Gasteiger partial charge in [0.05, 0.1) is 13.1 Å². The Bertz CT molecular complexity index is 1980. The molecule has 0 amide bonds. The third-order valence-electron chi connectivity index (χ3n) is 9.17. The summed E-state index contributed by atoms with van der Waals surface area (Å²) >= 11 is 0. The van der Waals surface area contributed by atoms with E-state index in [1.54, 1.807) is 0 Å². The lowest BCUT2D eigenvalue weighted by Gasteiger charge is -2.32. The minimum absolute atomic E-state index is 0.00163. The number of benzene rings is 2. The first-order valence-electron chi connectivity index (χ1n) is 18.4. The van der Waals surface area contributed by atoms with E-state index in [9.17, 15) is 14.4 Å². The van der Waals surface area contributed by atoms with Crippen LogP contribution in [0.15, 0.2) is 61.9 Å². The smallest absolute Gasteiger partial charge is 0.336 e. The van der Waals surface area contributed by atoms with Gasteiger partial charge in [-0.05, 0) is 90.3 Å². The van der Waals surface area contributed by atoms with Crippen LogP contribution in [0, 0.1) is 0 Å². The summed E-state index contributed by atoms with van der Waals surface area (Å²) in [5.41, 5.74) is 4.70. The number of rotatable bonds is 10. The van der Waals surface area contributed by atoms with Crippen LogP contribution in [0.5, 0.6) is 11.5 Å². The van der Waals surface area contributed by atoms with E-state index in [2.05, 4.69) is 89.2 Å². The van der Waals surface area contributed by atoms with Gasteiger partial charge in [-0.2, -0.15) is 0 Å². The second-order valence-electron chi connectivity index (χ2n) is 18.8. The Labute approximate surface area is 312 Å². The number of aromatic nitrogens is 3. The first-order chi connectivity index (χ1) is 23.7. The van der Waals surface area contributed by atoms with Gasteiger partial charge in [0.15, 0.2) is 0 Å². The van der Waals surface area contributed by atoms with Gasteiger partial charge in [-0.15, -0.1) is 0 Å². The highest BCUT2D eigenvalue weighted by Gasteiger charge is 2.31. The molecule has 0 bridgehead atoms. The van der Waals surface area contributed by atoms with Crippen LogP contribution in [-0.2, 0) is 41.8 Å². The summed E-state index contributed by atoms with van der Waals surface area (Å²) in [7, 11) is 1.43. The summed E-state index contributed by atoms with van der Waals surface area (Å²) in [6.07, 6.45) is 4.10. The summed E-state index contributed by atoms with van der Waals surface area (Å²) in [6.45, 7) is 34.6. The summed E-state index contributed by atoms with van der Waals surface area (Å²) in [5.74, 6) is 1.59. The molecule has 0 aliphatic heterocycles. The first-order valence-corrected chi connectivity index (χ1v) is 18.4. The van der Waals surface area contributed by atoms with Gasteiger partial charge in [0.1, 0.15) is 24.7 Å². The maximum atomic E-state index is 14.4. The van der Waals surface area contributed by atoms with Crippen molar-refractivity contribution in [2.75, 3.05) is 13.2 Å². The highest BCUT2D eigenvalue weighted by atomic mass is 16.5. The molecule has 0 atom stereocenters. The molecule has 0 spiro atoms. The Kier molecular flexibility index (Phi) is 12.6. The molecule has 3 rings (SSSR count). The van der Waals surface area contributed by atoms with E-state index in [1.165, 1.54) is 21.8 Å². The fourth-order valence-electron chi connectivity index (χ4n) is 6.33. The minimum atomic E-state index is -0.660. The van der Waals surface area contributed by atoms with Gasteiger partial charge in [0.2, 0.25) is 0 Å². The molecule has 8 nitrogen and oxygen atoms in total. The zero-order valence-electron chi connectivity index (χ0n) is 35.2. The van der Waals surface area contributed by atoms with E-state index in [0.29, 0.717) is 13.2 Å². The molecule has 0 saturated heterocycles. The third kappa shape index (κ3) is 9.87. The third-order valence-corrected chi connectivity index (χ3v) is 9.17. The van der Waals surface area contributed by atoms with E-state index in [-0.39, 0.29) is 34.7 Å². The monoisotopic (exact) mass is 715 g/mol. The Morgan fingerprint density at radius 3 is 1.40 bits per heavy atom. The molecule has 286 valence electrons. The number of allylic oxidation sites excluding steroid dienone is 2. The van der Waals surface area contributed by atoms with Gasteiger partial charge in [-0.3, -0.25) is 0 Å². The van der Waals surface area contributed by atoms with Gasteiger partial charge in [0.25, 0.3) is 0 Å². The Balaban J connectivity index is 2.31. The van der Waals surface area contributed by atoms with E-state index < -0.39 is 17.1 Å². The SMILES string of the molecule is CC(C)=CCOc1c(C(C)(C)C)cc(Cn2c(=O)n(C)c(=O)n(Cc3ccc(C(C)(C)C)c(OCC=C(C)C)c3C(C)(C)C)c2=O)cc1C(C)(C)C. The summed E-state index contributed by atoms with van der Waals surface area (Å²) < 4.78 is 16.3. The van der Waals surface area contributed by atoms with Gasteiger partial charge in [0, 0.05) is 23.7 Å². The van der Waals surface area contributed by atoms with E-state index in [1.807, 2.05) is 58.0 Å². The molecule has 2 aromatic carbocycles. The largest absolute Gasteiger partial charge is 0.489 e. The quantitative estimate of drug-likeness (QED) is 0.196. The standard InChI is InChI=1S/C44H65N3O5/c1-28(2)20-22-51-36-33(42(8,9)10)24-30(25-34(36)43(11,12)13)26-46-38(48)45(17)39(49)47(40(46)50)27-31-18-19-32(41(5,6)7)37(35(31)44(14,15)16)52-23-21-29(3)4/h18-21,24-25H,22-23,26-27H2,1-17H3.